The van der Waals surface area contributed by atoms with Crippen molar-refractivity contribution in [1.82, 2.24) is 5.32 Å². The van der Waals surface area contributed by atoms with Crippen molar-refractivity contribution in [2.24, 2.45) is 0 Å². The van der Waals surface area contributed by atoms with Crippen molar-refractivity contribution in [2.75, 3.05) is 19.7 Å². The Morgan fingerprint density at radius 3 is 3.29 bits per heavy atom. The first kappa shape index (κ1) is 3.43. The van der Waals surface area contributed by atoms with Gasteiger partial charge in [-0.05, 0) is 0 Å². The van der Waals surface area contributed by atoms with E-state index in [0.29, 0.717) is 13.2 Å². The molecule has 1 aliphatic rings. The van der Waals surface area contributed by atoms with Gasteiger partial charge in [0.1, 0.15) is 6.58 Å². The van der Waals surface area contributed by atoms with Crippen molar-refractivity contribution in [3.8, 4) is 0 Å². The van der Waals surface area contributed by atoms with Gasteiger partial charge in [-0.2, -0.15) is 0 Å². The van der Waals surface area contributed by atoms with Gasteiger partial charge < -0.3 is 4.74 Å². The molecule has 1 saturated heterocycles. The van der Waals surface area contributed by atoms with Gasteiger partial charge in [-0.25, -0.2) is 5.32 Å². The van der Waals surface area contributed by atoms with Crippen LogP contribution >= 0.6 is 0 Å². The van der Waals surface area contributed by atoms with E-state index < -0.39 is 12.5 Å². The van der Waals surface area contributed by atoms with Gasteiger partial charge in [-0.3, -0.25) is 4.79 Å². The summed E-state index contributed by atoms with van der Waals surface area (Å²) in [5.41, 5.74) is 0. The van der Waals surface area contributed by atoms with E-state index >= 15 is 0 Å². The van der Waals surface area contributed by atoms with Crippen LogP contribution in [0.1, 0.15) is 1.37 Å². The summed E-state index contributed by atoms with van der Waals surface area (Å²) < 4.78 is 11.4. The van der Waals surface area contributed by atoms with Gasteiger partial charge in [-0.1, -0.05) is 0 Å². The van der Waals surface area contributed by atoms with E-state index in [1.807, 2.05) is 0 Å². The summed E-state index contributed by atoms with van der Waals surface area (Å²) in [5, 5.41) is 3.46. The van der Waals surface area contributed by atoms with E-state index in [1.54, 1.807) is 0 Å². The van der Waals surface area contributed by atoms with E-state index in [9.17, 15) is 4.79 Å². The highest BCUT2D eigenvalue weighted by Gasteiger charge is 2.06. The lowest BCUT2D eigenvalue weighted by molar-refractivity contribution is -0.129. The molecular formula is C4H6NO2. The minimum absolute atomic E-state index is 0.403. The first-order chi connectivity index (χ1) is 3.80. The Morgan fingerprint density at radius 2 is 2.86 bits per heavy atom. The molecular weight excluding hydrogens is 94.0 g/mol. The maximum atomic E-state index is 10.3. The standard InChI is InChI=1S/C4H6NO2/c6-4-3-7-2-1-5-4/h1-3H2/i3D. The topological polar surface area (TPSA) is 40.4 Å². The van der Waals surface area contributed by atoms with E-state index in [-0.39, 0.29) is 0 Å². The van der Waals surface area contributed by atoms with E-state index in [2.05, 4.69) is 10.1 Å². The third-order valence-corrected chi connectivity index (χ3v) is 0.661. The van der Waals surface area contributed by atoms with Crippen LogP contribution in [-0.2, 0) is 9.53 Å². The molecule has 0 aromatic heterocycles. The Hall–Kier alpha value is -0.570. The predicted octanol–water partition coefficient (Wildman–Crippen LogP) is -0.852. The summed E-state index contributed by atoms with van der Waals surface area (Å²) in [6.45, 7) is -0.238. The minimum Gasteiger partial charge on any atom is -0.370 e. The van der Waals surface area contributed by atoms with E-state index in [4.69, 9.17) is 1.37 Å². The van der Waals surface area contributed by atoms with Crippen LogP contribution in [0.4, 0.5) is 0 Å². The van der Waals surface area contributed by atoms with Gasteiger partial charge in [0.2, 0.25) is 0 Å². The summed E-state index contributed by atoms with van der Waals surface area (Å²) in [6.07, 6.45) is 0. The maximum absolute atomic E-state index is 10.3. The zero-order valence-electron chi connectivity index (χ0n) is 4.76. The molecule has 1 fully saturated rings. The van der Waals surface area contributed by atoms with Gasteiger partial charge in [0.05, 0.1) is 14.5 Å². The SMILES string of the molecule is [2H]C1OCC[N]C1=O. The highest BCUT2D eigenvalue weighted by Crippen LogP contribution is 1.82. The molecule has 1 rings (SSSR count). The van der Waals surface area contributed by atoms with Crippen molar-refractivity contribution in [1.29, 1.82) is 0 Å². The van der Waals surface area contributed by atoms with E-state index in [0.717, 1.165) is 0 Å². The molecule has 1 atom stereocenters. The molecule has 7 heavy (non-hydrogen) atoms. The first-order valence-corrected chi connectivity index (χ1v) is 2.06. The molecule has 0 bridgehead atoms. The van der Waals surface area contributed by atoms with Gasteiger partial charge in [0, 0.05) is 0 Å². The second kappa shape index (κ2) is 1.93. The Balaban J connectivity index is 2.39. The third-order valence-electron chi connectivity index (χ3n) is 0.661. The molecule has 0 spiro atoms. The second-order valence-electron chi connectivity index (χ2n) is 1.21. The van der Waals surface area contributed by atoms with Crippen molar-refractivity contribution in [3.63, 3.8) is 0 Å². The number of morpholine rings is 1. The highest BCUT2D eigenvalue weighted by atomic mass is 16.5. The highest BCUT2D eigenvalue weighted by molar-refractivity contribution is 5.77. The van der Waals surface area contributed by atoms with Crippen LogP contribution in [0.25, 0.3) is 0 Å². The average Bonchev–Trinajstić information content (AvgIpc) is 1.77. The number of carbonyl (C=O) groups excluding carboxylic acids is 1. The lowest BCUT2D eigenvalue weighted by Gasteiger charge is -2.07. The molecule has 39 valence electrons. The Labute approximate surface area is 43.1 Å². The maximum Gasteiger partial charge on any atom is 0.267 e. The number of carbonyl (C=O) groups is 1. The fourth-order valence-electron chi connectivity index (χ4n) is 0.376. The molecule has 0 aromatic carbocycles. The summed E-state index contributed by atoms with van der Waals surface area (Å²) >= 11 is 0. The van der Waals surface area contributed by atoms with Crippen LogP contribution in [0.2, 0.25) is 0 Å². The zero-order chi connectivity index (χ0) is 5.98. The lowest BCUT2D eigenvalue weighted by Crippen LogP contribution is -2.30. The Morgan fingerprint density at radius 1 is 2.00 bits per heavy atom. The molecule has 1 radical (unpaired) electrons. The van der Waals surface area contributed by atoms with Crippen LogP contribution in [0.15, 0.2) is 0 Å². The van der Waals surface area contributed by atoms with Crippen LogP contribution in [0.3, 0.4) is 0 Å². The van der Waals surface area contributed by atoms with Crippen molar-refractivity contribution < 1.29 is 10.9 Å². The Bertz CT molecular complexity index is 106. The summed E-state index contributed by atoms with van der Waals surface area (Å²) in [6, 6.07) is 0. The molecule has 0 aromatic rings. The summed E-state index contributed by atoms with van der Waals surface area (Å²) in [5.74, 6) is -0.462. The van der Waals surface area contributed by atoms with Gasteiger partial charge >= 0.3 is 0 Å². The molecule has 0 saturated carbocycles. The van der Waals surface area contributed by atoms with Crippen LogP contribution in [0, 0.1) is 0 Å². The fraction of sp³-hybridized carbons (Fsp3) is 0.750. The predicted molar refractivity (Wildman–Crippen MR) is 22.8 cm³/mol. The summed E-state index contributed by atoms with van der Waals surface area (Å²) in [4.78, 5) is 10.3. The quantitative estimate of drug-likeness (QED) is 0.398. The number of amides is 1. The molecule has 1 heterocycles. The van der Waals surface area contributed by atoms with Crippen molar-refractivity contribution in [2.45, 2.75) is 0 Å². The number of ether oxygens (including phenoxy) is 1. The van der Waals surface area contributed by atoms with Gasteiger partial charge in [0.15, 0.2) is 0 Å². The van der Waals surface area contributed by atoms with Crippen LogP contribution in [0.5, 0.6) is 0 Å². The lowest BCUT2D eigenvalue weighted by atomic mass is 10.5. The number of hydrogen-bond acceptors (Lipinski definition) is 2. The van der Waals surface area contributed by atoms with E-state index in [1.165, 1.54) is 0 Å². The first-order valence-electron chi connectivity index (χ1n) is 2.63. The van der Waals surface area contributed by atoms with Crippen LogP contribution in [-0.4, -0.2) is 25.6 Å². The number of nitrogens with zero attached hydrogens (tertiary/aromatic N) is 1. The molecule has 0 N–H and O–H groups in total. The molecule has 0 aliphatic carbocycles. The van der Waals surface area contributed by atoms with Gasteiger partial charge in [0.25, 0.3) is 5.91 Å². The van der Waals surface area contributed by atoms with Crippen molar-refractivity contribution in [3.05, 3.63) is 0 Å². The molecule has 3 heteroatoms. The van der Waals surface area contributed by atoms with Crippen LogP contribution < -0.4 is 5.32 Å². The largest absolute Gasteiger partial charge is 0.370 e. The molecule has 1 unspecified atom stereocenters. The third kappa shape index (κ3) is 1.16. The minimum atomic E-state index is -1.05. The zero-order valence-corrected chi connectivity index (χ0v) is 3.76. The monoisotopic (exact) mass is 101 g/mol. The molecule has 3 nitrogen and oxygen atoms in total. The van der Waals surface area contributed by atoms with Crippen molar-refractivity contribution >= 4 is 5.91 Å². The normalized spacial score (nSPS) is 34.0. The molecule has 1 aliphatic heterocycles. The average molecular weight is 101 g/mol. The summed E-state index contributed by atoms with van der Waals surface area (Å²) in [7, 11) is 0. The second-order valence-corrected chi connectivity index (χ2v) is 1.21. The number of hydrogen-bond donors (Lipinski definition) is 0. The number of rotatable bonds is 0. The smallest absolute Gasteiger partial charge is 0.267 e. The fourth-order valence-corrected chi connectivity index (χ4v) is 0.376. The Kier molecular flexibility index (Phi) is 0.947. The molecule has 1 amide bonds. The van der Waals surface area contributed by atoms with Gasteiger partial charge in [-0.15, -0.1) is 0 Å².